The van der Waals surface area contributed by atoms with E-state index in [4.69, 9.17) is 0 Å². The molecule has 0 spiro atoms. The molecule has 4 rings (SSSR count). The summed E-state index contributed by atoms with van der Waals surface area (Å²) < 4.78 is 3.53. The second-order valence-corrected chi connectivity index (χ2v) is 6.46. The molecule has 0 saturated carbocycles. The van der Waals surface area contributed by atoms with Gasteiger partial charge in [0.25, 0.3) is 5.91 Å². The molecule has 4 heterocycles. The Labute approximate surface area is 147 Å². The molecule has 8 heteroatoms. The van der Waals surface area contributed by atoms with Gasteiger partial charge in [-0.3, -0.25) is 9.48 Å². The van der Waals surface area contributed by atoms with E-state index in [-0.39, 0.29) is 5.91 Å². The molecule has 0 aromatic carbocycles. The largest absolute Gasteiger partial charge is 0.319 e. The fraction of sp³-hybridized carbons (Fsp3) is 0.176. The summed E-state index contributed by atoms with van der Waals surface area (Å²) in [7, 11) is 0. The zero-order valence-electron chi connectivity index (χ0n) is 13.8. The number of hydrogen-bond acceptors (Lipinski definition) is 5. The monoisotopic (exact) mass is 352 g/mol. The Morgan fingerprint density at radius 2 is 2.16 bits per heavy atom. The topological polar surface area (TPSA) is 77.1 Å². The van der Waals surface area contributed by atoms with Crippen LogP contribution in [0, 0.1) is 6.92 Å². The van der Waals surface area contributed by atoms with Crippen LogP contribution in [0.1, 0.15) is 23.0 Å². The normalized spacial score (nSPS) is 11.1. The second kappa shape index (κ2) is 6.14. The minimum atomic E-state index is -0.246. The number of nitrogens with one attached hydrogen (secondary N) is 1. The number of aryl methyl sites for hydroxylation is 1. The van der Waals surface area contributed by atoms with Crippen molar-refractivity contribution in [3.63, 3.8) is 0 Å². The maximum atomic E-state index is 12.7. The highest BCUT2D eigenvalue weighted by Gasteiger charge is 2.18. The first-order valence-electron chi connectivity index (χ1n) is 7.89. The van der Waals surface area contributed by atoms with Gasteiger partial charge in [0.15, 0.2) is 5.65 Å². The van der Waals surface area contributed by atoms with Gasteiger partial charge in [-0.1, -0.05) is 6.07 Å². The number of hydrogen-bond donors (Lipinski definition) is 1. The third kappa shape index (κ3) is 2.60. The van der Waals surface area contributed by atoms with Gasteiger partial charge in [0.1, 0.15) is 5.56 Å². The summed E-state index contributed by atoms with van der Waals surface area (Å²) >= 11 is 1.62. The lowest BCUT2D eigenvalue weighted by atomic mass is 10.3. The van der Waals surface area contributed by atoms with Crippen molar-refractivity contribution in [1.82, 2.24) is 24.4 Å². The molecule has 1 amide bonds. The van der Waals surface area contributed by atoms with Crippen molar-refractivity contribution >= 4 is 28.6 Å². The molecule has 0 aliphatic heterocycles. The summed E-state index contributed by atoms with van der Waals surface area (Å²) in [5.74, 6) is -0.246. The van der Waals surface area contributed by atoms with Crippen molar-refractivity contribution in [3.05, 3.63) is 53.4 Å². The molecule has 0 aliphatic rings. The van der Waals surface area contributed by atoms with Crippen molar-refractivity contribution in [2.75, 3.05) is 5.32 Å². The number of carbonyl (C=O) groups excluding carboxylic acids is 1. The first-order valence-corrected chi connectivity index (χ1v) is 8.77. The molecule has 0 aliphatic carbocycles. The Balaban J connectivity index is 1.71. The van der Waals surface area contributed by atoms with Gasteiger partial charge >= 0.3 is 0 Å². The third-order valence-electron chi connectivity index (χ3n) is 4.07. The third-order valence-corrected chi connectivity index (χ3v) is 4.96. The van der Waals surface area contributed by atoms with E-state index in [1.165, 1.54) is 0 Å². The van der Waals surface area contributed by atoms with Crippen molar-refractivity contribution in [2.45, 2.75) is 20.4 Å². The quantitative estimate of drug-likeness (QED) is 0.612. The van der Waals surface area contributed by atoms with Crippen LogP contribution in [-0.4, -0.2) is 30.3 Å². The molecule has 1 N–H and O–H groups in total. The van der Waals surface area contributed by atoms with Crippen molar-refractivity contribution in [2.24, 2.45) is 0 Å². The van der Waals surface area contributed by atoms with Gasteiger partial charge < -0.3 is 5.32 Å². The van der Waals surface area contributed by atoms with Crippen LogP contribution in [0.2, 0.25) is 0 Å². The molecule has 0 radical (unpaired) electrons. The van der Waals surface area contributed by atoms with Crippen LogP contribution in [0.25, 0.3) is 16.2 Å². The Bertz CT molecular complexity index is 1050. The summed E-state index contributed by atoms with van der Waals surface area (Å²) in [6.07, 6.45) is 4.91. The van der Waals surface area contributed by atoms with Crippen LogP contribution in [0.4, 0.5) is 5.69 Å². The minimum absolute atomic E-state index is 0.246. The summed E-state index contributed by atoms with van der Waals surface area (Å²) in [4.78, 5) is 18.1. The van der Waals surface area contributed by atoms with Crippen LogP contribution in [0.3, 0.4) is 0 Å². The van der Waals surface area contributed by atoms with E-state index in [2.05, 4.69) is 20.5 Å². The highest BCUT2D eigenvalue weighted by Crippen LogP contribution is 2.25. The number of thiophene rings is 1. The maximum Gasteiger partial charge on any atom is 0.261 e. The fourth-order valence-electron chi connectivity index (χ4n) is 2.74. The van der Waals surface area contributed by atoms with E-state index in [0.29, 0.717) is 16.9 Å². The fourth-order valence-corrected chi connectivity index (χ4v) is 3.48. The number of carbonyl (C=O) groups is 1. The van der Waals surface area contributed by atoms with Crippen molar-refractivity contribution in [3.8, 4) is 10.6 Å². The lowest BCUT2D eigenvalue weighted by Crippen LogP contribution is -2.13. The van der Waals surface area contributed by atoms with Crippen LogP contribution in [0.15, 0.2) is 42.2 Å². The Morgan fingerprint density at radius 1 is 1.28 bits per heavy atom. The van der Waals surface area contributed by atoms with Gasteiger partial charge in [-0.25, -0.2) is 9.50 Å². The summed E-state index contributed by atoms with van der Waals surface area (Å²) in [5, 5.41) is 13.5. The molecule has 0 fully saturated rings. The highest BCUT2D eigenvalue weighted by molar-refractivity contribution is 7.13. The van der Waals surface area contributed by atoms with Gasteiger partial charge in [0.05, 0.1) is 34.3 Å². The number of aromatic nitrogens is 5. The molecular formula is C17H16N6OS. The number of rotatable bonds is 4. The highest BCUT2D eigenvalue weighted by atomic mass is 32.1. The predicted molar refractivity (Wildman–Crippen MR) is 96.9 cm³/mol. The van der Waals surface area contributed by atoms with Gasteiger partial charge in [-0.05, 0) is 31.4 Å². The average Bonchev–Trinajstić information content (AvgIpc) is 3.35. The Morgan fingerprint density at radius 3 is 2.88 bits per heavy atom. The molecule has 0 unspecified atom stereocenters. The van der Waals surface area contributed by atoms with E-state index >= 15 is 0 Å². The summed E-state index contributed by atoms with van der Waals surface area (Å²) in [6, 6.07) is 5.89. The predicted octanol–water partition coefficient (Wildman–Crippen LogP) is 3.23. The molecule has 0 atom stereocenters. The van der Waals surface area contributed by atoms with E-state index in [1.807, 2.05) is 42.1 Å². The zero-order valence-corrected chi connectivity index (χ0v) is 14.6. The summed E-state index contributed by atoms with van der Waals surface area (Å²) in [6.45, 7) is 4.69. The molecule has 0 saturated heterocycles. The number of anilines is 1. The second-order valence-electron chi connectivity index (χ2n) is 5.51. The van der Waals surface area contributed by atoms with Gasteiger partial charge in [-0.15, -0.1) is 11.3 Å². The zero-order chi connectivity index (χ0) is 17.4. The van der Waals surface area contributed by atoms with Crippen LogP contribution < -0.4 is 5.32 Å². The van der Waals surface area contributed by atoms with Crippen molar-refractivity contribution in [1.29, 1.82) is 0 Å². The first-order chi connectivity index (χ1) is 12.2. The molecule has 25 heavy (non-hydrogen) atoms. The van der Waals surface area contributed by atoms with Crippen LogP contribution in [0.5, 0.6) is 0 Å². The van der Waals surface area contributed by atoms with Crippen molar-refractivity contribution < 1.29 is 4.79 Å². The SMILES string of the molecule is CCn1ncc(NC(=O)c2cnn3c(-c4cccs4)ccnc23)c1C. The van der Waals surface area contributed by atoms with E-state index < -0.39 is 0 Å². The van der Waals surface area contributed by atoms with Gasteiger partial charge in [0, 0.05) is 12.7 Å². The smallest absolute Gasteiger partial charge is 0.261 e. The summed E-state index contributed by atoms with van der Waals surface area (Å²) in [5.41, 5.74) is 3.49. The molecular weight excluding hydrogens is 336 g/mol. The minimum Gasteiger partial charge on any atom is -0.319 e. The number of fused-ring (bicyclic) bond motifs is 1. The van der Waals surface area contributed by atoms with E-state index in [1.54, 1.807) is 34.4 Å². The van der Waals surface area contributed by atoms with E-state index in [0.717, 1.165) is 22.8 Å². The number of amides is 1. The Hall–Kier alpha value is -3.00. The van der Waals surface area contributed by atoms with Gasteiger partial charge in [0.2, 0.25) is 0 Å². The molecule has 0 bridgehead atoms. The maximum absolute atomic E-state index is 12.7. The van der Waals surface area contributed by atoms with E-state index in [9.17, 15) is 4.79 Å². The lowest BCUT2D eigenvalue weighted by Gasteiger charge is -2.05. The molecule has 126 valence electrons. The molecule has 4 aromatic heterocycles. The van der Waals surface area contributed by atoms with Crippen LogP contribution in [-0.2, 0) is 6.54 Å². The molecule has 4 aromatic rings. The van der Waals surface area contributed by atoms with Gasteiger partial charge in [-0.2, -0.15) is 10.2 Å². The molecule has 7 nitrogen and oxygen atoms in total. The Kier molecular flexibility index (Phi) is 3.81. The van der Waals surface area contributed by atoms with Crippen LogP contribution >= 0.6 is 11.3 Å². The lowest BCUT2D eigenvalue weighted by molar-refractivity contribution is 0.102. The number of nitrogens with zero attached hydrogens (tertiary/aromatic N) is 5. The standard InChI is InChI=1S/C17H16N6OS/c1-3-22-11(2)13(10-19-22)21-17(24)12-9-20-23-14(6-7-18-16(12)23)15-5-4-8-25-15/h4-10H,3H2,1-2H3,(H,21,24). The average molecular weight is 352 g/mol. The first kappa shape index (κ1) is 15.5.